The second kappa shape index (κ2) is 11.5. The van der Waals surface area contributed by atoms with Gasteiger partial charge in [-0.25, -0.2) is 13.1 Å². The largest absolute Gasteiger partial charge is 0.469 e. The van der Waals surface area contributed by atoms with Gasteiger partial charge in [-0.3, -0.25) is 9.48 Å². The van der Waals surface area contributed by atoms with Gasteiger partial charge in [0.15, 0.2) is 0 Å². The summed E-state index contributed by atoms with van der Waals surface area (Å²) in [7, 11) is -2.42. The van der Waals surface area contributed by atoms with Crippen LogP contribution in [0.4, 0.5) is 13.2 Å². The summed E-state index contributed by atoms with van der Waals surface area (Å²) in [6.45, 7) is 0.645. The third kappa shape index (κ3) is 7.40. The van der Waals surface area contributed by atoms with Crippen molar-refractivity contribution in [1.82, 2.24) is 14.5 Å². The van der Waals surface area contributed by atoms with E-state index >= 15 is 0 Å². The first-order chi connectivity index (χ1) is 16.6. The van der Waals surface area contributed by atoms with Crippen LogP contribution in [0.25, 0.3) is 11.1 Å². The van der Waals surface area contributed by atoms with Crippen molar-refractivity contribution in [3.05, 3.63) is 72.1 Å². The van der Waals surface area contributed by atoms with Crippen molar-refractivity contribution < 1.29 is 31.1 Å². The second-order valence-electron chi connectivity index (χ2n) is 7.83. The first-order valence-corrected chi connectivity index (χ1v) is 12.4. The van der Waals surface area contributed by atoms with Crippen molar-refractivity contribution in [3.63, 3.8) is 0 Å². The molecular formula is C24H26F3N3O4S. The van der Waals surface area contributed by atoms with Gasteiger partial charge in [-0.1, -0.05) is 24.3 Å². The lowest BCUT2D eigenvalue weighted by molar-refractivity contribution is -0.141. The topological polar surface area (TPSA) is 90.3 Å². The molecule has 3 aromatic rings. The van der Waals surface area contributed by atoms with Crippen LogP contribution >= 0.6 is 0 Å². The van der Waals surface area contributed by atoms with E-state index in [1.54, 1.807) is 16.9 Å². The third-order valence-corrected chi connectivity index (χ3v) is 6.88. The van der Waals surface area contributed by atoms with Crippen molar-refractivity contribution in [1.29, 1.82) is 0 Å². The van der Waals surface area contributed by atoms with Gasteiger partial charge in [-0.05, 0) is 60.7 Å². The monoisotopic (exact) mass is 509 g/mol. The van der Waals surface area contributed by atoms with E-state index in [0.29, 0.717) is 36.9 Å². The van der Waals surface area contributed by atoms with Crippen LogP contribution in [0.2, 0.25) is 0 Å². The Labute approximate surface area is 202 Å². The molecule has 0 aliphatic carbocycles. The third-order valence-electron chi connectivity index (χ3n) is 5.40. The molecule has 0 radical (unpaired) electrons. The molecule has 11 heteroatoms. The Hall–Kier alpha value is -3.18. The number of hydrogen-bond acceptors (Lipinski definition) is 5. The molecule has 0 saturated heterocycles. The molecule has 0 bridgehead atoms. The number of methoxy groups -OCH3 is 1. The Morgan fingerprint density at radius 2 is 1.80 bits per heavy atom. The lowest BCUT2D eigenvalue weighted by Gasteiger charge is -2.10. The molecule has 188 valence electrons. The van der Waals surface area contributed by atoms with Crippen molar-refractivity contribution in [2.45, 2.75) is 43.3 Å². The van der Waals surface area contributed by atoms with Crippen molar-refractivity contribution >= 4 is 16.0 Å². The standard InChI is InChI=1S/C24H26F3N3O4S/c1-34-23(31)13-16-30-21(12-15-28-30)7-2-3-14-29-35(32,33)22-10-8-18(9-11-22)19-5-4-6-20(17-19)24(25,26)27/h4-6,8-12,15,17,29H,2-3,7,13-14,16H2,1H3. The summed E-state index contributed by atoms with van der Waals surface area (Å²) < 4.78 is 72.9. The van der Waals surface area contributed by atoms with Gasteiger partial charge < -0.3 is 4.74 Å². The minimum Gasteiger partial charge on any atom is -0.469 e. The summed E-state index contributed by atoms with van der Waals surface area (Å²) in [6, 6.07) is 12.4. The SMILES string of the molecule is COC(=O)CCn1nccc1CCCCNS(=O)(=O)c1ccc(-c2cccc(C(F)(F)F)c2)cc1. The van der Waals surface area contributed by atoms with E-state index in [4.69, 9.17) is 0 Å². The number of sulfonamides is 1. The van der Waals surface area contributed by atoms with Gasteiger partial charge in [-0.2, -0.15) is 18.3 Å². The number of hydrogen-bond donors (Lipinski definition) is 1. The Morgan fingerprint density at radius 3 is 2.49 bits per heavy atom. The fourth-order valence-electron chi connectivity index (χ4n) is 3.50. The lowest BCUT2D eigenvalue weighted by Crippen LogP contribution is -2.24. The molecule has 1 heterocycles. The van der Waals surface area contributed by atoms with Crippen LogP contribution in [0.3, 0.4) is 0 Å². The Bertz CT molecular complexity index is 1240. The first-order valence-electron chi connectivity index (χ1n) is 10.9. The number of rotatable bonds is 11. The predicted molar refractivity (Wildman–Crippen MR) is 124 cm³/mol. The van der Waals surface area contributed by atoms with Crippen molar-refractivity contribution in [3.8, 4) is 11.1 Å². The highest BCUT2D eigenvalue weighted by atomic mass is 32.2. The van der Waals surface area contributed by atoms with Crippen LogP contribution in [0.1, 0.15) is 30.5 Å². The minimum absolute atomic E-state index is 0.0362. The molecule has 7 nitrogen and oxygen atoms in total. The number of unbranched alkanes of at least 4 members (excludes halogenated alkanes) is 1. The van der Waals surface area contributed by atoms with E-state index in [0.717, 1.165) is 17.8 Å². The molecule has 0 aliphatic rings. The Kier molecular flexibility index (Phi) is 8.68. The second-order valence-corrected chi connectivity index (χ2v) is 9.60. The van der Waals surface area contributed by atoms with Crippen LogP contribution in [-0.4, -0.2) is 37.8 Å². The zero-order valence-corrected chi connectivity index (χ0v) is 19.9. The average Bonchev–Trinajstić information content (AvgIpc) is 3.29. The van der Waals surface area contributed by atoms with Gasteiger partial charge in [0, 0.05) is 18.4 Å². The molecule has 0 unspecified atom stereocenters. The zero-order valence-electron chi connectivity index (χ0n) is 19.1. The minimum atomic E-state index is -4.45. The number of nitrogens with one attached hydrogen (secondary N) is 1. The van der Waals surface area contributed by atoms with Crippen LogP contribution in [0.15, 0.2) is 65.7 Å². The predicted octanol–water partition coefficient (Wildman–Crippen LogP) is 4.43. The quantitative estimate of drug-likeness (QED) is 0.305. The number of ether oxygens (including phenoxy) is 1. The smallest absolute Gasteiger partial charge is 0.416 e. The van der Waals surface area contributed by atoms with E-state index in [9.17, 15) is 26.4 Å². The number of benzene rings is 2. The van der Waals surface area contributed by atoms with E-state index in [2.05, 4.69) is 14.6 Å². The normalized spacial score (nSPS) is 12.0. The highest BCUT2D eigenvalue weighted by Gasteiger charge is 2.30. The number of halogens is 3. The van der Waals surface area contributed by atoms with E-state index < -0.39 is 21.8 Å². The van der Waals surface area contributed by atoms with E-state index in [-0.39, 0.29) is 23.8 Å². The molecule has 2 aromatic carbocycles. The van der Waals surface area contributed by atoms with E-state index in [1.165, 1.54) is 37.4 Å². The maximum Gasteiger partial charge on any atom is 0.416 e. The average molecular weight is 510 g/mol. The van der Waals surface area contributed by atoms with Gasteiger partial charge in [0.05, 0.1) is 30.5 Å². The molecule has 1 N–H and O–H groups in total. The van der Waals surface area contributed by atoms with Gasteiger partial charge in [-0.15, -0.1) is 0 Å². The molecule has 3 rings (SSSR count). The maximum atomic E-state index is 12.9. The Morgan fingerprint density at radius 1 is 1.06 bits per heavy atom. The fraction of sp³-hybridized carbons (Fsp3) is 0.333. The van der Waals surface area contributed by atoms with Gasteiger partial charge >= 0.3 is 12.1 Å². The zero-order chi connectivity index (χ0) is 25.5. The highest BCUT2D eigenvalue weighted by molar-refractivity contribution is 7.89. The molecule has 0 amide bonds. The number of aryl methyl sites for hydroxylation is 2. The van der Waals surface area contributed by atoms with Gasteiger partial charge in [0.1, 0.15) is 0 Å². The van der Waals surface area contributed by atoms with Crippen LogP contribution in [0, 0.1) is 0 Å². The molecule has 0 saturated carbocycles. The number of esters is 1. The summed E-state index contributed by atoms with van der Waals surface area (Å²) in [6.07, 6.45) is -0.610. The fourth-order valence-corrected chi connectivity index (χ4v) is 4.57. The number of nitrogens with zero attached hydrogens (tertiary/aromatic N) is 2. The van der Waals surface area contributed by atoms with Crippen molar-refractivity contribution in [2.24, 2.45) is 0 Å². The molecule has 0 fully saturated rings. The highest BCUT2D eigenvalue weighted by Crippen LogP contribution is 2.32. The number of alkyl halides is 3. The van der Waals surface area contributed by atoms with Gasteiger partial charge in [0.2, 0.25) is 10.0 Å². The van der Waals surface area contributed by atoms with Gasteiger partial charge in [0.25, 0.3) is 0 Å². The molecule has 1 aromatic heterocycles. The molecular weight excluding hydrogens is 483 g/mol. The number of aromatic nitrogens is 2. The summed E-state index contributed by atoms with van der Waals surface area (Å²) >= 11 is 0. The van der Waals surface area contributed by atoms with Crippen LogP contribution in [-0.2, 0) is 38.7 Å². The summed E-state index contributed by atoms with van der Waals surface area (Å²) in [5.74, 6) is -0.316. The molecule has 0 spiro atoms. The number of carbonyl (C=O) groups is 1. The summed E-state index contributed by atoms with van der Waals surface area (Å²) in [5.41, 5.74) is 1.02. The number of carbonyl (C=O) groups excluding carboxylic acids is 1. The maximum absolute atomic E-state index is 12.9. The summed E-state index contributed by atoms with van der Waals surface area (Å²) in [5, 5.41) is 4.19. The van der Waals surface area contributed by atoms with Crippen LogP contribution in [0.5, 0.6) is 0 Å². The lowest BCUT2D eigenvalue weighted by atomic mass is 10.0. The Balaban J connectivity index is 1.51. The van der Waals surface area contributed by atoms with E-state index in [1.807, 2.05) is 6.07 Å². The first kappa shape index (κ1) is 26.4. The molecule has 0 atom stereocenters. The van der Waals surface area contributed by atoms with Crippen LogP contribution < -0.4 is 4.72 Å². The van der Waals surface area contributed by atoms with Crippen molar-refractivity contribution in [2.75, 3.05) is 13.7 Å². The summed E-state index contributed by atoms with van der Waals surface area (Å²) in [4.78, 5) is 11.3. The molecule has 35 heavy (non-hydrogen) atoms. The molecule has 0 aliphatic heterocycles.